The minimum Gasteiger partial charge on any atom is -0.383 e. The summed E-state index contributed by atoms with van der Waals surface area (Å²) in [4.78, 5) is 19.6. The molecule has 0 bridgehead atoms. The summed E-state index contributed by atoms with van der Waals surface area (Å²) in [6, 6.07) is 7.89. The smallest absolute Gasteiger partial charge is 0.244 e. The molecule has 29 heavy (non-hydrogen) atoms. The van der Waals surface area contributed by atoms with Gasteiger partial charge in [0.25, 0.3) is 0 Å². The summed E-state index contributed by atoms with van der Waals surface area (Å²) in [6.45, 7) is 1.86. The number of amides is 1. The normalized spacial score (nSPS) is 14.8. The molecule has 1 amide bonds. The monoisotopic (exact) mass is 485 g/mol. The summed E-state index contributed by atoms with van der Waals surface area (Å²) in [5.41, 5.74) is 6.16. The molecule has 0 unspecified atom stereocenters. The zero-order chi connectivity index (χ0) is 21.0. The number of nitrogen functional groups attached to an aromatic ring is 1. The van der Waals surface area contributed by atoms with Crippen LogP contribution in [0.3, 0.4) is 0 Å². The van der Waals surface area contributed by atoms with E-state index >= 15 is 0 Å². The van der Waals surface area contributed by atoms with E-state index in [1.807, 2.05) is 4.90 Å². The van der Waals surface area contributed by atoms with Crippen molar-refractivity contribution in [3.63, 3.8) is 0 Å². The Hall–Kier alpha value is -2.24. The SMILES string of the molecule is Nc1ncc(Br)cc1S(=O)(=O)NCCC(=O)N1CCN(c2ccccc2F)CC1. The van der Waals surface area contributed by atoms with Gasteiger partial charge in [0.15, 0.2) is 0 Å². The van der Waals surface area contributed by atoms with Gasteiger partial charge < -0.3 is 15.5 Å². The Labute approximate surface area is 177 Å². The fourth-order valence-electron chi connectivity index (χ4n) is 3.08. The van der Waals surface area contributed by atoms with Crippen molar-refractivity contribution in [2.75, 3.05) is 43.4 Å². The number of benzene rings is 1. The molecule has 8 nitrogen and oxygen atoms in total. The van der Waals surface area contributed by atoms with Crippen LogP contribution in [0.25, 0.3) is 0 Å². The first-order chi connectivity index (χ1) is 13.8. The predicted octanol–water partition coefficient (Wildman–Crippen LogP) is 1.58. The number of anilines is 2. The molecule has 156 valence electrons. The topological polar surface area (TPSA) is 109 Å². The molecule has 1 aromatic heterocycles. The number of nitrogens with two attached hydrogens (primary N) is 1. The van der Waals surface area contributed by atoms with Crippen molar-refractivity contribution in [1.82, 2.24) is 14.6 Å². The highest BCUT2D eigenvalue weighted by Crippen LogP contribution is 2.21. The van der Waals surface area contributed by atoms with Crippen molar-refractivity contribution in [3.05, 3.63) is 46.8 Å². The maximum atomic E-state index is 13.9. The van der Waals surface area contributed by atoms with Crippen molar-refractivity contribution >= 4 is 43.4 Å². The van der Waals surface area contributed by atoms with Gasteiger partial charge in [-0.25, -0.2) is 22.5 Å². The molecule has 0 spiro atoms. The number of hydrogen-bond acceptors (Lipinski definition) is 6. The largest absolute Gasteiger partial charge is 0.383 e. The van der Waals surface area contributed by atoms with Crippen LogP contribution < -0.4 is 15.4 Å². The van der Waals surface area contributed by atoms with Crippen molar-refractivity contribution in [2.24, 2.45) is 0 Å². The van der Waals surface area contributed by atoms with Gasteiger partial charge in [0.05, 0.1) is 5.69 Å². The maximum Gasteiger partial charge on any atom is 0.244 e. The molecule has 1 aliphatic rings. The van der Waals surface area contributed by atoms with Crippen LogP contribution in [0.2, 0.25) is 0 Å². The zero-order valence-corrected chi connectivity index (χ0v) is 17.9. The summed E-state index contributed by atoms with van der Waals surface area (Å²) in [5.74, 6) is -0.569. The van der Waals surface area contributed by atoms with Gasteiger partial charge in [0, 0.05) is 49.8 Å². The Kier molecular flexibility index (Phi) is 6.70. The van der Waals surface area contributed by atoms with E-state index in [0.717, 1.165) is 0 Å². The quantitative estimate of drug-likeness (QED) is 0.642. The molecule has 0 aliphatic carbocycles. The molecule has 1 aromatic carbocycles. The van der Waals surface area contributed by atoms with Crippen LogP contribution in [-0.4, -0.2) is 56.9 Å². The van der Waals surface area contributed by atoms with Gasteiger partial charge in [-0.1, -0.05) is 12.1 Å². The molecule has 1 aliphatic heterocycles. The van der Waals surface area contributed by atoms with Gasteiger partial charge in [-0.3, -0.25) is 4.79 Å². The van der Waals surface area contributed by atoms with Gasteiger partial charge in [-0.2, -0.15) is 0 Å². The Morgan fingerprint density at radius 1 is 1.24 bits per heavy atom. The van der Waals surface area contributed by atoms with Crippen molar-refractivity contribution < 1.29 is 17.6 Å². The number of pyridine rings is 1. The second-order valence-corrected chi connectivity index (χ2v) is 9.15. The third-order valence-electron chi connectivity index (χ3n) is 4.59. The molecular formula is C18H21BrFN5O3S. The highest BCUT2D eigenvalue weighted by atomic mass is 79.9. The number of carbonyl (C=O) groups is 1. The average molecular weight is 486 g/mol. The van der Waals surface area contributed by atoms with Gasteiger partial charge in [-0.05, 0) is 34.1 Å². The van der Waals surface area contributed by atoms with Crippen LogP contribution in [0.5, 0.6) is 0 Å². The van der Waals surface area contributed by atoms with Gasteiger partial charge in [0.2, 0.25) is 15.9 Å². The van der Waals surface area contributed by atoms with Crippen LogP contribution in [0, 0.1) is 5.82 Å². The number of hydrogen-bond donors (Lipinski definition) is 2. The molecule has 2 aromatic rings. The molecule has 1 fully saturated rings. The van der Waals surface area contributed by atoms with Crippen LogP contribution in [0.4, 0.5) is 15.9 Å². The number of rotatable bonds is 6. The molecule has 11 heteroatoms. The molecule has 0 radical (unpaired) electrons. The van der Waals surface area contributed by atoms with Crippen molar-refractivity contribution in [1.29, 1.82) is 0 Å². The Morgan fingerprint density at radius 3 is 2.62 bits per heavy atom. The van der Waals surface area contributed by atoms with E-state index in [2.05, 4.69) is 25.6 Å². The molecule has 2 heterocycles. The summed E-state index contributed by atoms with van der Waals surface area (Å²) in [6.07, 6.45) is 1.42. The first kappa shape index (κ1) is 21.5. The van der Waals surface area contributed by atoms with E-state index in [9.17, 15) is 17.6 Å². The first-order valence-corrected chi connectivity index (χ1v) is 11.2. The van der Waals surface area contributed by atoms with E-state index in [4.69, 9.17) is 5.73 Å². The zero-order valence-electron chi connectivity index (χ0n) is 15.5. The minimum atomic E-state index is -3.88. The number of para-hydroxylation sites is 1. The summed E-state index contributed by atoms with van der Waals surface area (Å²) in [7, 11) is -3.88. The Morgan fingerprint density at radius 2 is 1.93 bits per heavy atom. The Bertz CT molecular complexity index is 997. The third kappa shape index (κ3) is 5.22. The fraction of sp³-hybridized carbons (Fsp3) is 0.333. The predicted molar refractivity (Wildman–Crippen MR) is 111 cm³/mol. The summed E-state index contributed by atoms with van der Waals surface area (Å²) in [5, 5.41) is 0. The summed E-state index contributed by atoms with van der Waals surface area (Å²) < 4.78 is 41.5. The van der Waals surface area contributed by atoms with E-state index in [-0.39, 0.29) is 35.4 Å². The number of sulfonamides is 1. The number of carbonyl (C=O) groups excluding carboxylic acids is 1. The first-order valence-electron chi connectivity index (χ1n) is 8.96. The van der Waals surface area contributed by atoms with E-state index in [1.54, 1.807) is 23.1 Å². The third-order valence-corrected chi connectivity index (χ3v) is 6.52. The van der Waals surface area contributed by atoms with Crippen LogP contribution in [0.15, 0.2) is 45.9 Å². The lowest BCUT2D eigenvalue weighted by molar-refractivity contribution is -0.131. The fourth-order valence-corrected chi connectivity index (χ4v) is 4.70. The number of nitrogens with one attached hydrogen (secondary N) is 1. The molecule has 0 saturated carbocycles. The summed E-state index contributed by atoms with van der Waals surface area (Å²) >= 11 is 3.16. The van der Waals surface area contributed by atoms with E-state index in [1.165, 1.54) is 18.3 Å². The lowest BCUT2D eigenvalue weighted by Crippen LogP contribution is -2.49. The number of halogens is 2. The number of aromatic nitrogens is 1. The van der Waals surface area contributed by atoms with E-state index in [0.29, 0.717) is 36.3 Å². The molecule has 1 saturated heterocycles. The van der Waals surface area contributed by atoms with Gasteiger partial charge in [0.1, 0.15) is 16.5 Å². The highest BCUT2D eigenvalue weighted by molar-refractivity contribution is 9.10. The molecule has 0 atom stereocenters. The van der Waals surface area contributed by atoms with Gasteiger partial charge in [-0.15, -0.1) is 0 Å². The molecule has 3 N–H and O–H groups in total. The van der Waals surface area contributed by atoms with Gasteiger partial charge >= 0.3 is 0 Å². The molecule has 3 rings (SSSR count). The van der Waals surface area contributed by atoms with Crippen LogP contribution >= 0.6 is 15.9 Å². The van der Waals surface area contributed by atoms with Crippen molar-refractivity contribution in [3.8, 4) is 0 Å². The average Bonchev–Trinajstić information content (AvgIpc) is 2.70. The maximum absolute atomic E-state index is 13.9. The van der Waals surface area contributed by atoms with Crippen molar-refractivity contribution in [2.45, 2.75) is 11.3 Å². The van der Waals surface area contributed by atoms with Crippen LogP contribution in [0.1, 0.15) is 6.42 Å². The highest BCUT2D eigenvalue weighted by Gasteiger charge is 2.24. The lowest BCUT2D eigenvalue weighted by Gasteiger charge is -2.36. The standard InChI is InChI=1S/C18H21BrFN5O3S/c19-13-11-16(18(21)22-12-13)29(27,28)23-6-5-17(26)25-9-7-24(8-10-25)15-4-2-1-3-14(15)20/h1-4,11-12,23H,5-10H2,(H2,21,22). The van der Waals surface area contributed by atoms with E-state index < -0.39 is 10.0 Å². The lowest BCUT2D eigenvalue weighted by atomic mass is 10.2. The Balaban J connectivity index is 1.50. The molecular weight excluding hydrogens is 465 g/mol. The second-order valence-electron chi connectivity index (χ2n) is 6.50. The minimum absolute atomic E-state index is 0.0142. The number of piperazine rings is 1. The number of nitrogens with zero attached hydrogens (tertiary/aromatic N) is 3. The second kappa shape index (κ2) is 9.06. The van der Waals surface area contributed by atoms with Crippen LogP contribution in [-0.2, 0) is 14.8 Å².